The fourth-order valence-corrected chi connectivity index (χ4v) is 2.89. The van der Waals surface area contributed by atoms with E-state index in [1.807, 2.05) is 0 Å². The van der Waals surface area contributed by atoms with Crippen LogP contribution in [0.15, 0.2) is 0 Å². The third-order valence-electron chi connectivity index (χ3n) is 2.48. The molecule has 0 heterocycles. The fourth-order valence-electron chi connectivity index (χ4n) is 1.48. The quantitative estimate of drug-likeness (QED) is 0.552. The number of ether oxygens (including phenoxy) is 1. The molecule has 0 amide bonds. The van der Waals surface area contributed by atoms with E-state index in [9.17, 15) is 13.2 Å². The van der Waals surface area contributed by atoms with Gasteiger partial charge < -0.3 is 9.84 Å². The van der Waals surface area contributed by atoms with Gasteiger partial charge in [-0.15, -0.1) is 0 Å². The molecule has 0 aromatic heterocycles. The van der Waals surface area contributed by atoms with Crippen LogP contribution in [0.2, 0.25) is 0 Å². The molecule has 0 aromatic carbocycles. The summed E-state index contributed by atoms with van der Waals surface area (Å²) < 4.78 is 31.9. The van der Waals surface area contributed by atoms with Crippen molar-refractivity contribution < 1.29 is 23.1 Å². The van der Waals surface area contributed by atoms with Gasteiger partial charge >= 0.3 is 5.97 Å². The minimum absolute atomic E-state index is 0.198. The van der Waals surface area contributed by atoms with Crippen molar-refractivity contribution in [2.75, 3.05) is 26.8 Å². The number of carboxylic acid groups (broad SMARTS) is 1. The van der Waals surface area contributed by atoms with Crippen molar-refractivity contribution in [1.29, 1.82) is 0 Å². The predicted molar refractivity (Wildman–Crippen MR) is 67.5 cm³/mol. The summed E-state index contributed by atoms with van der Waals surface area (Å²) in [4.78, 5) is 11.0. The number of nitrogens with zero attached hydrogens (tertiary/aromatic N) is 1. The van der Waals surface area contributed by atoms with Crippen molar-refractivity contribution in [3.05, 3.63) is 0 Å². The van der Waals surface area contributed by atoms with E-state index in [1.54, 1.807) is 13.8 Å². The second-order valence-electron chi connectivity index (χ2n) is 3.73. The van der Waals surface area contributed by atoms with E-state index in [4.69, 9.17) is 9.84 Å². The van der Waals surface area contributed by atoms with Crippen molar-refractivity contribution in [3.63, 3.8) is 0 Å². The third kappa shape index (κ3) is 5.76. The summed E-state index contributed by atoms with van der Waals surface area (Å²) in [6.07, 6.45) is 0.678. The van der Waals surface area contributed by atoms with Crippen LogP contribution in [0.4, 0.5) is 0 Å². The van der Waals surface area contributed by atoms with Gasteiger partial charge in [-0.3, -0.25) is 4.79 Å². The van der Waals surface area contributed by atoms with Gasteiger partial charge in [-0.05, 0) is 12.8 Å². The Balaban J connectivity index is 4.61. The second kappa shape index (κ2) is 8.41. The Morgan fingerprint density at radius 2 is 1.94 bits per heavy atom. The molecular formula is C10H22N2O5S. The number of hydrogen-bond acceptors (Lipinski definition) is 4. The maximum Gasteiger partial charge on any atom is 0.321 e. The van der Waals surface area contributed by atoms with Crippen LogP contribution in [-0.2, 0) is 19.7 Å². The number of nitrogens with one attached hydrogen (secondary N) is 1. The number of aliphatic carboxylic acids is 1. The van der Waals surface area contributed by atoms with Gasteiger partial charge in [-0.1, -0.05) is 13.8 Å². The normalized spacial score (nSPS) is 13.8. The average Bonchev–Trinajstić information content (AvgIpc) is 2.28. The topological polar surface area (TPSA) is 95.9 Å². The molecule has 0 aromatic rings. The van der Waals surface area contributed by atoms with Gasteiger partial charge in [-0.25, -0.2) is 0 Å². The molecule has 0 spiro atoms. The fraction of sp³-hybridized carbons (Fsp3) is 0.900. The molecule has 0 aliphatic heterocycles. The summed E-state index contributed by atoms with van der Waals surface area (Å²) in [6, 6.07) is -1.12. The molecular weight excluding hydrogens is 260 g/mol. The van der Waals surface area contributed by atoms with Crippen LogP contribution in [0.25, 0.3) is 0 Å². The standard InChI is InChI=1S/C10H22N2O5S/c1-4-12(5-2)18(15,16)11-9(10(13)14)7-6-8-17-3/h9,11H,4-8H2,1-3H3,(H,13,14). The van der Waals surface area contributed by atoms with Crippen molar-refractivity contribution in [2.45, 2.75) is 32.7 Å². The van der Waals surface area contributed by atoms with Gasteiger partial charge in [-0.2, -0.15) is 17.4 Å². The van der Waals surface area contributed by atoms with Crippen molar-refractivity contribution in [1.82, 2.24) is 9.03 Å². The first-order valence-electron chi connectivity index (χ1n) is 5.88. The first-order valence-corrected chi connectivity index (χ1v) is 7.32. The lowest BCUT2D eigenvalue weighted by Crippen LogP contribution is -2.48. The van der Waals surface area contributed by atoms with Crippen molar-refractivity contribution >= 4 is 16.2 Å². The number of methoxy groups -OCH3 is 1. The summed E-state index contributed by atoms with van der Waals surface area (Å²) in [5.74, 6) is -1.18. The molecule has 7 nitrogen and oxygen atoms in total. The molecule has 8 heteroatoms. The van der Waals surface area contributed by atoms with E-state index in [0.717, 1.165) is 0 Å². The molecule has 1 unspecified atom stereocenters. The number of rotatable bonds is 10. The summed E-state index contributed by atoms with van der Waals surface area (Å²) in [7, 11) is -2.23. The van der Waals surface area contributed by atoms with Gasteiger partial charge in [0.2, 0.25) is 0 Å². The monoisotopic (exact) mass is 282 g/mol. The highest BCUT2D eigenvalue weighted by atomic mass is 32.2. The minimum atomic E-state index is -3.74. The Labute approximate surface area is 108 Å². The first-order chi connectivity index (χ1) is 8.38. The number of carbonyl (C=O) groups is 1. The number of hydrogen-bond donors (Lipinski definition) is 2. The highest BCUT2D eigenvalue weighted by Crippen LogP contribution is 2.04. The smallest absolute Gasteiger partial charge is 0.321 e. The van der Waals surface area contributed by atoms with Gasteiger partial charge in [0, 0.05) is 26.8 Å². The Kier molecular flexibility index (Phi) is 8.08. The molecule has 0 fully saturated rings. The average molecular weight is 282 g/mol. The molecule has 18 heavy (non-hydrogen) atoms. The molecule has 0 bridgehead atoms. The van der Waals surface area contributed by atoms with Crippen molar-refractivity contribution in [2.24, 2.45) is 0 Å². The van der Waals surface area contributed by atoms with Gasteiger partial charge in [0.1, 0.15) is 6.04 Å². The van der Waals surface area contributed by atoms with Gasteiger partial charge in [0.25, 0.3) is 10.2 Å². The van der Waals surface area contributed by atoms with Gasteiger partial charge in [0.15, 0.2) is 0 Å². The molecule has 0 rings (SSSR count). The lowest BCUT2D eigenvalue weighted by Gasteiger charge is -2.22. The number of carboxylic acids is 1. The summed E-state index contributed by atoms with van der Waals surface area (Å²) in [6.45, 7) is 4.40. The maximum absolute atomic E-state index is 11.9. The van der Waals surface area contributed by atoms with Crippen LogP contribution in [0.1, 0.15) is 26.7 Å². The SMILES string of the molecule is CCN(CC)S(=O)(=O)NC(CCCOC)C(=O)O. The van der Waals surface area contributed by atoms with Crippen LogP contribution in [0, 0.1) is 0 Å². The Hall–Kier alpha value is -0.700. The van der Waals surface area contributed by atoms with E-state index in [-0.39, 0.29) is 6.42 Å². The molecule has 0 saturated heterocycles. The first kappa shape index (κ1) is 17.3. The predicted octanol–water partition coefficient (Wildman–Crippen LogP) is 0.0424. The van der Waals surface area contributed by atoms with E-state index in [0.29, 0.717) is 26.1 Å². The second-order valence-corrected chi connectivity index (χ2v) is 5.44. The van der Waals surface area contributed by atoms with E-state index in [2.05, 4.69) is 4.72 Å². The van der Waals surface area contributed by atoms with Crippen LogP contribution < -0.4 is 4.72 Å². The summed E-state index contributed by atoms with van der Waals surface area (Å²) in [5, 5.41) is 8.98. The zero-order valence-electron chi connectivity index (χ0n) is 11.0. The Bertz CT molecular complexity index is 340. The van der Waals surface area contributed by atoms with Crippen LogP contribution >= 0.6 is 0 Å². The summed E-state index contributed by atoms with van der Waals surface area (Å²) >= 11 is 0. The Morgan fingerprint density at radius 1 is 1.39 bits per heavy atom. The van der Waals surface area contributed by atoms with E-state index >= 15 is 0 Å². The minimum Gasteiger partial charge on any atom is -0.480 e. The molecule has 0 radical (unpaired) electrons. The zero-order chi connectivity index (χ0) is 14.2. The van der Waals surface area contributed by atoms with Gasteiger partial charge in [0.05, 0.1) is 0 Å². The molecule has 0 saturated carbocycles. The van der Waals surface area contributed by atoms with Crippen LogP contribution in [0.3, 0.4) is 0 Å². The lowest BCUT2D eigenvalue weighted by molar-refractivity contribution is -0.139. The van der Waals surface area contributed by atoms with E-state index in [1.165, 1.54) is 11.4 Å². The summed E-state index contributed by atoms with van der Waals surface area (Å²) in [5.41, 5.74) is 0. The lowest BCUT2D eigenvalue weighted by atomic mass is 10.2. The molecule has 108 valence electrons. The Morgan fingerprint density at radius 3 is 2.33 bits per heavy atom. The molecule has 0 aliphatic carbocycles. The molecule has 0 aliphatic rings. The van der Waals surface area contributed by atoms with Crippen molar-refractivity contribution in [3.8, 4) is 0 Å². The zero-order valence-corrected chi connectivity index (χ0v) is 11.9. The maximum atomic E-state index is 11.9. The highest BCUT2D eigenvalue weighted by Gasteiger charge is 2.26. The van der Waals surface area contributed by atoms with Crippen LogP contribution in [-0.4, -0.2) is 56.6 Å². The molecule has 2 N–H and O–H groups in total. The third-order valence-corrected chi connectivity index (χ3v) is 4.25. The van der Waals surface area contributed by atoms with E-state index < -0.39 is 22.2 Å². The largest absolute Gasteiger partial charge is 0.480 e. The molecule has 1 atom stereocenters. The highest BCUT2D eigenvalue weighted by molar-refractivity contribution is 7.87. The van der Waals surface area contributed by atoms with Crippen LogP contribution in [0.5, 0.6) is 0 Å².